The lowest BCUT2D eigenvalue weighted by atomic mass is 9.92. The van der Waals surface area contributed by atoms with E-state index in [9.17, 15) is 110 Å². The lowest BCUT2D eigenvalue weighted by Crippen LogP contribution is -2.70. The molecule has 0 aliphatic heterocycles. The van der Waals surface area contributed by atoms with Gasteiger partial charge >= 0.3 is 72.3 Å². The van der Waals surface area contributed by atoms with Crippen LogP contribution in [-0.4, -0.2) is 72.3 Å². The van der Waals surface area contributed by atoms with Crippen molar-refractivity contribution in [2.24, 2.45) is 0 Å². The van der Waals surface area contributed by atoms with Gasteiger partial charge in [-0.3, -0.25) is 0 Å². The van der Waals surface area contributed by atoms with Gasteiger partial charge in [-0.2, -0.15) is 83.4 Å². The van der Waals surface area contributed by atoms with E-state index in [1.165, 1.54) is 0 Å². The molecule has 44 heavy (non-hydrogen) atoms. The molecule has 0 radical (unpaired) electrons. The summed E-state index contributed by atoms with van der Waals surface area (Å²) in [6.07, 6.45) is -21.3. The third kappa shape index (κ3) is 8.95. The van der Waals surface area contributed by atoms with Crippen molar-refractivity contribution in [3.05, 3.63) is 0 Å². The van der Waals surface area contributed by atoms with E-state index in [1.54, 1.807) is 0 Å². The largest absolute Gasteiger partial charge is 0.460 e. The highest BCUT2D eigenvalue weighted by molar-refractivity contribution is 5.10. The van der Waals surface area contributed by atoms with E-state index in [1.807, 2.05) is 0 Å². The summed E-state index contributed by atoms with van der Waals surface area (Å²) in [6.45, 7) is 2.26. The van der Waals surface area contributed by atoms with Crippen LogP contribution in [0.25, 0.3) is 0 Å². The van der Waals surface area contributed by atoms with E-state index < -0.39 is 98.0 Å². The maximum Gasteiger partial charge on any atom is 0.460 e. The molecule has 0 aliphatic carbocycles. The Balaban J connectivity index is -0.000000649. The molecule has 0 saturated heterocycles. The maximum absolute atomic E-state index is 12.9. The number of hydrogen-bond acceptors (Lipinski definition) is 0. The Hall–Kier alpha value is -1.75. The van der Waals surface area contributed by atoms with Crippen LogP contribution in [0.15, 0.2) is 0 Å². The van der Waals surface area contributed by atoms with Crippen LogP contribution in [0, 0.1) is 0 Å². The fraction of sp³-hybridized carbons (Fsp3) is 1.00. The van der Waals surface area contributed by atoms with Crippen molar-refractivity contribution in [3.63, 3.8) is 0 Å². The van der Waals surface area contributed by atoms with Crippen molar-refractivity contribution in [1.29, 1.82) is 0 Å². The van der Waals surface area contributed by atoms with Crippen LogP contribution in [0.3, 0.4) is 0 Å². The molecular formula is C19H19F25. The third-order valence-corrected chi connectivity index (χ3v) is 4.95. The van der Waals surface area contributed by atoms with Gasteiger partial charge < -0.3 is 0 Å². The molecule has 0 nitrogen and oxygen atoms in total. The van der Waals surface area contributed by atoms with Crippen molar-refractivity contribution in [2.45, 2.75) is 119 Å². The molecule has 0 spiro atoms. The quantitative estimate of drug-likeness (QED) is 0.176. The molecular weight excluding hydrogens is 703 g/mol. The second-order valence-electron chi connectivity index (χ2n) is 8.22. The van der Waals surface area contributed by atoms with Crippen molar-refractivity contribution in [2.75, 3.05) is 0 Å². The SMILES string of the molecule is CCC(F)(F)C(F)(F)C(F)(F)C(F)F.CCC(F)(F)C(F)F.CCCC(F)(F)C(F)(F)C(F)(F)C(F)(F)C(F)(F)C(F)(F)F. The van der Waals surface area contributed by atoms with Crippen LogP contribution < -0.4 is 0 Å². The Bertz CT molecular complexity index is 852. The summed E-state index contributed by atoms with van der Waals surface area (Å²) in [6, 6.07) is 0. The highest BCUT2D eigenvalue weighted by Gasteiger charge is 2.90. The Labute approximate surface area is 229 Å². The van der Waals surface area contributed by atoms with Gasteiger partial charge in [0.2, 0.25) is 0 Å². The first-order chi connectivity index (χ1) is 18.8. The molecule has 0 fully saturated rings. The summed E-state index contributed by atoms with van der Waals surface area (Å²) < 4.78 is 303. The van der Waals surface area contributed by atoms with Crippen LogP contribution in [0.5, 0.6) is 0 Å². The zero-order valence-corrected chi connectivity index (χ0v) is 21.4. The molecule has 0 bridgehead atoms. The summed E-state index contributed by atoms with van der Waals surface area (Å²) in [5.41, 5.74) is 0. The standard InChI is InChI=1S/C9H7F13.C6H6F8.C4H6F4/c1-2-3-4(10,11)5(12,13)6(14,15)7(16,17)8(18,19)9(20,21)22;1-2-4(9,10)6(13,14)5(11,12)3(7)8;1-2-4(7,8)3(5)6/h2-3H2,1H3;3H,2H2,1H3;3H,2H2,1H3. The molecule has 0 unspecified atom stereocenters. The van der Waals surface area contributed by atoms with E-state index in [0.717, 1.165) is 13.8 Å². The molecule has 0 aromatic rings. The highest BCUT2D eigenvalue weighted by atomic mass is 19.4. The summed E-state index contributed by atoms with van der Waals surface area (Å²) in [7, 11) is 0. The molecule has 0 aromatic heterocycles. The van der Waals surface area contributed by atoms with Gasteiger partial charge in [0.15, 0.2) is 0 Å². The van der Waals surface area contributed by atoms with Gasteiger partial charge in [0.1, 0.15) is 0 Å². The molecule has 270 valence electrons. The van der Waals surface area contributed by atoms with Crippen LogP contribution in [0.2, 0.25) is 0 Å². The number of hydrogen-bond donors (Lipinski definition) is 0. The predicted octanol–water partition coefficient (Wildman–Crippen LogP) is 11.4. The zero-order valence-electron chi connectivity index (χ0n) is 21.4. The van der Waals surface area contributed by atoms with E-state index in [-0.39, 0.29) is 0 Å². The zero-order chi connectivity index (χ0) is 37.0. The number of rotatable bonds is 12. The summed E-state index contributed by atoms with van der Waals surface area (Å²) in [5, 5.41) is 0. The third-order valence-electron chi connectivity index (χ3n) is 4.95. The van der Waals surface area contributed by atoms with Gasteiger partial charge in [0.05, 0.1) is 0 Å². The van der Waals surface area contributed by atoms with Gasteiger partial charge in [-0.1, -0.05) is 27.2 Å². The first-order valence-corrected chi connectivity index (χ1v) is 10.9. The first-order valence-electron chi connectivity index (χ1n) is 10.9. The Morgan fingerprint density at radius 3 is 0.932 bits per heavy atom. The van der Waals surface area contributed by atoms with Crippen LogP contribution >= 0.6 is 0 Å². The van der Waals surface area contributed by atoms with Gasteiger partial charge in [-0.15, -0.1) is 0 Å². The Morgan fingerprint density at radius 1 is 0.386 bits per heavy atom. The van der Waals surface area contributed by atoms with Crippen LogP contribution in [-0.2, 0) is 0 Å². The topological polar surface area (TPSA) is 0 Å². The van der Waals surface area contributed by atoms with Gasteiger partial charge in [0.25, 0.3) is 0 Å². The molecule has 0 rings (SSSR count). The second-order valence-corrected chi connectivity index (χ2v) is 8.22. The predicted molar refractivity (Wildman–Crippen MR) is 98.1 cm³/mol. The first kappa shape index (κ1) is 46.7. The fourth-order valence-corrected chi connectivity index (χ4v) is 2.03. The summed E-state index contributed by atoms with van der Waals surface area (Å²) in [5.74, 6) is -57.3. The normalized spacial score (nSPS) is 15.1. The smallest absolute Gasteiger partial charge is 0.204 e. The van der Waals surface area contributed by atoms with E-state index >= 15 is 0 Å². The molecule has 0 saturated carbocycles. The van der Waals surface area contributed by atoms with E-state index in [4.69, 9.17) is 0 Å². The molecule has 0 atom stereocenters. The average Bonchev–Trinajstić information content (AvgIpc) is 2.83. The Morgan fingerprint density at radius 2 is 0.727 bits per heavy atom. The van der Waals surface area contributed by atoms with Gasteiger partial charge in [-0.05, 0) is 0 Å². The van der Waals surface area contributed by atoms with E-state index in [0.29, 0.717) is 6.92 Å². The molecule has 25 heteroatoms. The Kier molecular flexibility index (Phi) is 15.2. The second kappa shape index (κ2) is 14.3. The van der Waals surface area contributed by atoms with Gasteiger partial charge in [-0.25, -0.2) is 26.3 Å². The summed E-state index contributed by atoms with van der Waals surface area (Å²) >= 11 is 0. The van der Waals surface area contributed by atoms with Crippen LogP contribution in [0.4, 0.5) is 110 Å². The number of halogens is 25. The van der Waals surface area contributed by atoms with Crippen LogP contribution in [0.1, 0.15) is 46.5 Å². The highest BCUT2D eigenvalue weighted by Crippen LogP contribution is 2.60. The lowest BCUT2D eigenvalue weighted by molar-refractivity contribution is -0.440. The lowest BCUT2D eigenvalue weighted by Gasteiger charge is -2.39. The van der Waals surface area contributed by atoms with Crippen molar-refractivity contribution in [1.82, 2.24) is 0 Å². The van der Waals surface area contributed by atoms with E-state index in [2.05, 4.69) is 0 Å². The monoisotopic (exact) mass is 722 g/mol. The molecule has 0 heterocycles. The summed E-state index contributed by atoms with van der Waals surface area (Å²) in [4.78, 5) is 0. The van der Waals surface area contributed by atoms with Crippen molar-refractivity contribution < 1.29 is 110 Å². The van der Waals surface area contributed by atoms with Crippen molar-refractivity contribution >= 4 is 0 Å². The fourth-order valence-electron chi connectivity index (χ4n) is 2.03. The van der Waals surface area contributed by atoms with Crippen molar-refractivity contribution in [3.8, 4) is 0 Å². The molecule has 0 N–H and O–H groups in total. The minimum absolute atomic E-state index is 0.495. The molecule has 0 aliphatic rings. The average molecular weight is 722 g/mol. The maximum atomic E-state index is 12.9. The minimum Gasteiger partial charge on any atom is -0.204 e. The molecule has 0 amide bonds. The minimum atomic E-state index is -7.81. The van der Waals surface area contributed by atoms with Gasteiger partial charge in [0, 0.05) is 19.3 Å². The molecule has 0 aromatic carbocycles. The number of alkyl halides is 25.